The average Bonchev–Trinajstić information content (AvgIpc) is 2.82. The van der Waals surface area contributed by atoms with E-state index < -0.39 is 0 Å². The minimum atomic E-state index is 1.06. The van der Waals surface area contributed by atoms with Crippen LogP contribution in [0.4, 0.5) is 0 Å². The van der Waals surface area contributed by atoms with Crippen molar-refractivity contribution in [2.75, 3.05) is 0 Å². The Hall–Kier alpha value is -1.93. The van der Waals surface area contributed by atoms with Crippen LogP contribution >= 0.6 is 11.3 Å². The van der Waals surface area contributed by atoms with Crippen LogP contribution in [0.25, 0.3) is 26.9 Å². The van der Waals surface area contributed by atoms with Crippen molar-refractivity contribution in [1.29, 1.82) is 0 Å². The Morgan fingerprint density at radius 1 is 1.06 bits per heavy atom. The number of nitrogens with zero attached hydrogens (tertiary/aromatic N) is 1. The highest BCUT2D eigenvalue weighted by atomic mass is 32.1. The van der Waals surface area contributed by atoms with Gasteiger partial charge in [-0.15, -0.1) is 11.3 Å². The summed E-state index contributed by atoms with van der Waals surface area (Å²) in [4.78, 5) is 4.64. The van der Waals surface area contributed by atoms with Gasteiger partial charge in [0.15, 0.2) is 0 Å². The van der Waals surface area contributed by atoms with Crippen LogP contribution in [-0.2, 0) is 0 Å². The van der Waals surface area contributed by atoms with Gasteiger partial charge >= 0.3 is 0 Å². The molecule has 2 aromatic carbocycles. The first-order valence-corrected chi connectivity index (χ1v) is 6.27. The highest BCUT2D eigenvalue weighted by Crippen LogP contribution is 2.30. The third-order valence-electron chi connectivity index (χ3n) is 2.66. The van der Waals surface area contributed by atoms with E-state index in [1.54, 1.807) is 11.3 Å². The van der Waals surface area contributed by atoms with Crippen LogP contribution in [0.5, 0.6) is 0 Å². The van der Waals surface area contributed by atoms with Gasteiger partial charge in [-0.2, -0.15) is 0 Å². The molecule has 0 aliphatic heterocycles. The number of benzene rings is 2. The SMILES string of the molecule is C=Cc1cccc(-c2nc3ccccc3s2)c1. The molecule has 1 aromatic heterocycles. The Morgan fingerprint density at radius 2 is 1.94 bits per heavy atom. The Balaban J connectivity index is 2.16. The summed E-state index contributed by atoms with van der Waals surface area (Å²) in [6.07, 6.45) is 1.86. The predicted octanol–water partition coefficient (Wildman–Crippen LogP) is 4.61. The molecule has 0 unspecified atom stereocenters. The maximum atomic E-state index is 4.64. The Labute approximate surface area is 104 Å². The Kier molecular flexibility index (Phi) is 2.50. The fraction of sp³-hybridized carbons (Fsp3) is 0. The van der Waals surface area contributed by atoms with E-state index in [1.807, 2.05) is 36.4 Å². The molecule has 0 aliphatic rings. The lowest BCUT2D eigenvalue weighted by Gasteiger charge is -1.97. The lowest BCUT2D eigenvalue weighted by Crippen LogP contribution is -1.77. The smallest absolute Gasteiger partial charge is 0.124 e. The van der Waals surface area contributed by atoms with Crippen LogP contribution in [-0.4, -0.2) is 4.98 Å². The Morgan fingerprint density at radius 3 is 2.76 bits per heavy atom. The number of hydrogen-bond donors (Lipinski definition) is 0. The molecule has 0 atom stereocenters. The summed E-state index contributed by atoms with van der Waals surface area (Å²) in [5.41, 5.74) is 3.35. The second-order valence-corrected chi connectivity index (χ2v) is 4.85. The van der Waals surface area contributed by atoms with Gasteiger partial charge in [-0.3, -0.25) is 0 Å². The number of fused-ring (bicyclic) bond motifs is 1. The molecule has 0 fully saturated rings. The van der Waals surface area contributed by atoms with Crippen molar-refractivity contribution in [2.45, 2.75) is 0 Å². The molecular weight excluding hydrogens is 226 g/mol. The van der Waals surface area contributed by atoms with E-state index in [1.165, 1.54) is 4.70 Å². The molecule has 1 nitrogen and oxygen atoms in total. The van der Waals surface area contributed by atoms with Crippen molar-refractivity contribution < 1.29 is 0 Å². The maximum Gasteiger partial charge on any atom is 0.124 e. The molecule has 0 saturated heterocycles. The zero-order chi connectivity index (χ0) is 11.7. The van der Waals surface area contributed by atoms with Gasteiger partial charge in [0.05, 0.1) is 10.2 Å². The van der Waals surface area contributed by atoms with Gasteiger partial charge in [0.2, 0.25) is 0 Å². The molecule has 82 valence electrons. The first-order valence-electron chi connectivity index (χ1n) is 5.45. The minimum absolute atomic E-state index is 1.06. The zero-order valence-electron chi connectivity index (χ0n) is 9.26. The van der Waals surface area contributed by atoms with Crippen LogP contribution in [0.3, 0.4) is 0 Å². The van der Waals surface area contributed by atoms with Crippen molar-refractivity contribution in [3.8, 4) is 10.6 Å². The summed E-state index contributed by atoms with van der Waals surface area (Å²) in [5.74, 6) is 0. The molecule has 0 N–H and O–H groups in total. The minimum Gasteiger partial charge on any atom is -0.236 e. The molecule has 0 radical (unpaired) electrons. The van der Waals surface area contributed by atoms with Crippen LogP contribution in [0.15, 0.2) is 55.1 Å². The molecule has 0 spiro atoms. The Bertz CT molecular complexity index is 649. The van der Waals surface area contributed by atoms with Gasteiger partial charge in [-0.05, 0) is 23.8 Å². The van der Waals surface area contributed by atoms with E-state index in [2.05, 4.69) is 29.8 Å². The third-order valence-corrected chi connectivity index (χ3v) is 3.75. The first-order chi connectivity index (χ1) is 8.36. The third kappa shape index (κ3) is 1.87. The number of aromatic nitrogens is 1. The van der Waals surface area contributed by atoms with Gasteiger partial charge in [-0.25, -0.2) is 4.98 Å². The number of thiazole rings is 1. The second kappa shape index (κ2) is 4.15. The number of para-hydroxylation sites is 1. The molecular formula is C15H11NS. The topological polar surface area (TPSA) is 12.9 Å². The highest BCUT2D eigenvalue weighted by molar-refractivity contribution is 7.21. The second-order valence-electron chi connectivity index (χ2n) is 3.82. The van der Waals surface area contributed by atoms with Gasteiger partial charge in [0, 0.05) is 5.56 Å². The van der Waals surface area contributed by atoms with Gasteiger partial charge in [0.25, 0.3) is 0 Å². The van der Waals surface area contributed by atoms with Gasteiger partial charge < -0.3 is 0 Å². The molecule has 3 rings (SSSR count). The van der Waals surface area contributed by atoms with E-state index in [9.17, 15) is 0 Å². The summed E-state index contributed by atoms with van der Waals surface area (Å²) in [5, 5.41) is 1.06. The summed E-state index contributed by atoms with van der Waals surface area (Å²) in [7, 11) is 0. The summed E-state index contributed by atoms with van der Waals surface area (Å²) in [6, 6.07) is 16.5. The van der Waals surface area contributed by atoms with Gasteiger partial charge in [-0.1, -0.05) is 43.0 Å². The summed E-state index contributed by atoms with van der Waals surface area (Å²) < 4.78 is 1.23. The summed E-state index contributed by atoms with van der Waals surface area (Å²) >= 11 is 1.72. The maximum absolute atomic E-state index is 4.64. The normalized spacial score (nSPS) is 10.6. The zero-order valence-corrected chi connectivity index (χ0v) is 10.1. The molecule has 17 heavy (non-hydrogen) atoms. The molecule has 0 amide bonds. The van der Waals surface area contributed by atoms with Crippen LogP contribution in [0.2, 0.25) is 0 Å². The van der Waals surface area contributed by atoms with E-state index >= 15 is 0 Å². The van der Waals surface area contributed by atoms with Gasteiger partial charge in [0.1, 0.15) is 5.01 Å². The van der Waals surface area contributed by atoms with Crippen molar-refractivity contribution in [1.82, 2.24) is 4.98 Å². The molecule has 3 aromatic rings. The highest BCUT2D eigenvalue weighted by Gasteiger charge is 2.05. The molecule has 1 heterocycles. The molecule has 2 heteroatoms. The quantitative estimate of drug-likeness (QED) is 0.634. The van der Waals surface area contributed by atoms with Crippen LogP contribution < -0.4 is 0 Å². The average molecular weight is 237 g/mol. The monoisotopic (exact) mass is 237 g/mol. The van der Waals surface area contributed by atoms with Crippen molar-refractivity contribution in [3.63, 3.8) is 0 Å². The van der Waals surface area contributed by atoms with Crippen LogP contribution in [0, 0.1) is 0 Å². The van der Waals surface area contributed by atoms with Crippen molar-refractivity contribution in [3.05, 3.63) is 60.7 Å². The predicted molar refractivity (Wildman–Crippen MR) is 75.1 cm³/mol. The van der Waals surface area contributed by atoms with Crippen molar-refractivity contribution >= 4 is 27.6 Å². The standard InChI is InChI=1S/C15H11NS/c1-2-11-6-5-7-12(10-11)15-16-13-8-3-4-9-14(13)17-15/h2-10H,1H2. The number of rotatable bonds is 2. The first kappa shape index (κ1) is 10.2. The molecule has 0 saturated carbocycles. The van der Waals surface area contributed by atoms with E-state index in [4.69, 9.17) is 0 Å². The van der Waals surface area contributed by atoms with Crippen LogP contribution in [0.1, 0.15) is 5.56 Å². The lowest BCUT2D eigenvalue weighted by molar-refractivity contribution is 1.47. The molecule has 0 aliphatic carbocycles. The fourth-order valence-corrected chi connectivity index (χ4v) is 2.76. The van der Waals surface area contributed by atoms with Crippen molar-refractivity contribution in [2.24, 2.45) is 0 Å². The molecule has 0 bridgehead atoms. The fourth-order valence-electron chi connectivity index (χ4n) is 1.79. The number of hydrogen-bond acceptors (Lipinski definition) is 2. The van der Waals surface area contributed by atoms with E-state index in [0.717, 1.165) is 21.7 Å². The van der Waals surface area contributed by atoms with E-state index in [-0.39, 0.29) is 0 Å². The summed E-state index contributed by atoms with van der Waals surface area (Å²) in [6.45, 7) is 3.79. The largest absolute Gasteiger partial charge is 0.236 e. The lowest BCUT2D eigenvalue weighted by atomic mass is 10.1. The van der Waals surface area contributed by atoms with E-state index in [0.29, 0.717) is 0 Å².